The number of benzene rings is 2. The molecule has 0 aliphatic carbocycles. The lowest BCUT2D eigenvalue weighted by Gasteiger charge is -2.08. The summed E-state index contributed by atoms with van der Waals surface area (Å²) in [7, 11) is -3.44. The summed E-state index contributed by atoms with van der Waals surface area (Å²) < 4.78 is 24.7. The van der Waals surface area contributed by atoms with Gasteiger partial charge in [0, 0.05) is 5.57 Å². The molecule has 0 aromatic heterocycles. The molecule has 0 aliphatic rings. The number of allylic oxidation sites excluding steroid dienone is 1. The fraction of sp³-hybridized carbons (Fsp3) is 0.118. The first kappa shape index (κ1) is 15.2. The molecule has 108 valence electrons. The first-order valence-corrected chi connectivity index (χ1v) is 8.18. The first-order chi connectivity index (χ1) is 10.0. The number of rotatable bonds is 5. The van der Waals surface area contributed by atoms with Gasteiger partial charge in [0.15, 0.2) is 16.1 Å². The smallest absolute Gasteiger partial charge is 0.182 e. The summed E-state index contributed by atoms with van der Waals surface area (Å²) in [5.74, 6) is -0.167. The highest BCUT2D eigenvalue weighted by molar-refractivity contribution is 7.91. The van der Waals surface area contributed by atoms with E-state index in [2.05, 4.69) is 0 Å². The molecule has 0 aliphatic heterocycles. The molecule has 2 rings (SSSR count). The van der Waals surface area contributed by atoms with Gasteiger partial charge in [0.2, 0.25) is 0 Å². The zero-order valence-electron chi connectivity index (χ0n) is 11.7. The summed E-state index contributed by atoms with van der Waals surface area (Å²) in [6.45, 7) is 1.68. The van der Waals surface area contributed by atoms with Gasteiger partial charge in [0.25, 0.3) is 0 Å². The summed E-state index contributed by atoms with van der Waals surface area (Å²) >= 11 is 0. The van der Waals surface area contributed by atoms with Gasteiger partial charge in [-0.25, -0.2) is 8.42 Å². The Kier molecular flexibility index (Phi) is 4.70. The minimum Gasteiger partial charge on any atom is -0.298 e. The topological polar surface area (TPSA) is 51.2 Å². The van der Waals surface area contributed by atoms with E-state index >= 15 is 0 Å². The van der Waals surface area contributed by atoms with Gasteiger partial charge in [-0.1, -0.05) is 48.5 Å². The standard InChI is InChI=1S/C17H16O3S/c1-14(17(12-18)15-8-4-2-5-9-15)13-21(19,20)16-10-6-3-7-11-16/h2-12H,13H2,1H3. The molecular weight excluding hydrogens is 284 g/mol. The minimum atomic E-state index is -3.44. The van der Waals surface area contributed by atoms with E-state index in [9.17, 15) is 13.2 Å². The van der Waals surface area contributed by atoms with Gasteiger partial charge in [0.05, 0.1) is 10.6 Å². The van der Waals surface area contributed by atoms with Crippen LogP contribution in [0.25, 0.3) is 5.57 Å². The lowest BCUT2D eigenvalue weighted by Crippen LogP contribution is -2.09. The Balaban J connectivity index is 2.37. The summed E-state index contributed by atoms with van der Waals surface area (Å²) in [5, 5.41) is 0. The monoisotopic (exact) mass is 300 g/mol. The van der Waals surface area contributed by atoms with E-state index < -0.39 is 9.84 Å². The summed E-state index contributed by atoms with van der Waals surface area (Å²) in [6, 6.07) is 17.3. The van der Waals surface area contributed by atoms with E-state index in [0.29, 0.717) is 17.4 Å². The van der Waals surface area contributed by atoms with Gasteiger partial charge >= 0.3 is 0 Å². The average Bonchev–Trinajstić information content (AvgIpc) is 2.49. The van der Waals surface area contributed by atoms with Crippen LogP contribution in [0, 0.1) is 0 Å². The van der Waals surface area contributed by atoms with Crippen LogP contribution in [0.1, 0.15) is 12.5 Å². The fourth-order valence-electron chi connectivity index (χ4n) is 2.11. The van der Waals surface area contributed by atoms with Crippen LogP contribution < -0.4 is 0 Å². The van der Waals surface area contributed by atoms with Gasteiger partial charge in [-0.2, -0.15) is 0 Å². The van der Waals surface area contributed by atoms with Gasteiger partial charge in [0.1, 0.15) is 0 Å². The SMILES string of the molecule is CC(CS(=O)(=O)c1ccccc1)=C(C=O)c1ccccc1. The van der Waals surface area contributed by atoms with Gasteiger partial charge < -0.3 is 0 Å². The molecule has 0 bridgehead atoms. The number of hydrogen-bond donors (Lipinski definition) is 0. The normalized spacial score (nSPS) is 12.6. The average molecular weight is 300 g/mol. The third-order valence-corrected chi connectivity index (χ3v) is 4.97. The van der Waals surface area contributed by atoms with Gasteiger partial charge in [-0.05, 0) is 30.2 Å². The van der Waals surface area contributed by atoms with E-state index in [0.717, 1.165) is 5.56 Å². The fourth-order valence-corrected chi connectivity index (χ4v) is 3.57. The lowest BCUT2D eigenvalue weighted by atomic mass is 10.0. The quantitative estimate of drug-likeness (QED) is 0.629. The molecule has 21 heavy (non-hydrogen) atoms. The van der Waals surface area contributed by atoms with Crippen molar-refractivity contribution in [1.82, 2.24) is 0 Å². The van der Waals surface area contributed by atoms with Crippen LogP contribution in [0.3, 0.4) is 0 Å². The Bertz CT molecular complexity index is 745. The van der Waals surface area contributed by atoms with Crippen LogP contribution in [0.4, 0.5) is 0 Å². The van der Waals surface area contributed by atoms with Crippen molar-refractivity contribution in [2.45, 2.75) is 11.8 Å². The Labute approximate surface area is 124 Å². The largest absolute Gasteiger partial charge is 0.298 e. The summed E-state index contributed by atoms with van der Waals surface area (Å²) in [6.07, 6.45) is 0.713. The maximum Gasteiger partial charge on any atom is 0.182 e. The van der Waals surface area contributed by atoms with E-state index in [4.69, 9.17) is 0 Å². The molecule has 0 unspecified atom stereocenters. The highest BCUT2D eigenvalue weighted by Crippen LogP contribution is 2.20. The van der Waals surface area contributed by atoms with E-state index in [1.54, 1.807) is 49.4 Å². The van der Waals surface area contributed by atoms with Crippen molar-refractivity contribution in [2.24, 2.45) is 0 Å². The van der Waals surface area contributed by atoms with E-state index in [-0.39, 0.29) is 10.6 Å². The van der Waals surface area contributed by atoms with Crippen LogP contribution >= 0.6 is 0 Å². The lowest BCUT2D eigenvalue weighted by molar-refractivity contribution is -0.103. The van der Waals surface area contributed by atoms with Crippen molar-refractivity contribution in [3.63, 3.8) is 0 Å². The van der Waals surface area contributed by atoms with Gasteiger partial charge in [-0.15, -0.1) is 0 Å². The van der Waals surface area contributed by atoms with Crippen molar-refractivity contribution in [3.8, 4) is 0 Å². The highest BCUT2D eigenvalue weighted by Gasteiger charge is 2.17. The molecule has 0 saturated heterocycles. The van der Waals surface area contributed by atoms with Crippen molar-refractivity contribution < 1.29 is 13.2 Å². The predicted octanol–water partition coefficient (Wildman–Crippen LogP) is 3.13. The van der Waals surface area contributed by atoms with Crippen molar-refractivity contribution >= 4 is 21.7 Å². The second-order valence-corrected chi connectivity index (χ2v) is 6.74. The zero-order valence-corrected chi connectivity index (χ0v) is 12.5. The highest BCUT2D eigenvalue weighted by atomic mass is 32.2. The number of carbonyl (C=O) groups is 1. The maximum absolute atomic E-state index is 12.3. The Hall–Kier alpha value is -2.20. The number of carbonyl (C=O) groups excluding carboxylic acids is 1. The molecule has 0 heterocycles. The van der Waals surface area contributed by atoms with Gasteiger partial charge in [-0.3, -0.25) is 4.79 Å². The maximum atomic E-state index is 12.3. The second-order valence-electron chi connectivity index (χ2n) is 4.75. The third-order valence-electron chi connectivity index (χ3n) is 3.17. The number of hydrogen-bond acceptors (Lipinski definition) is 3. The molecule has 4 heteroatoms. The van der Waals surface area contributed by atoms with Crippen molar-refractivity contribution in [2.75, 3.05) is 5.75 Å². The van der Waals surface area contributed by atoms with Crippen LogP contribution in [-0.2, 0) is 14.6 Å². The predicted molar refractivity (Wildman–Crippen MR) is 83.6 cm³/mol. The molecule has 0 fully saturated rings. The summed E-state index contributed by atoms with van der Waals surface area (Å²) in [4.78, 5) is 11.6. The van der Waals surface area contributed by atoms with Crippen LogP contribution in [0.2, 0.25) is 0 Å². The van der Waals surface area contributed by atoms with E-state index in [1.807, 2.05) is 18.2 Å². The van der Waals surface area contributed by atoms with Crippen LogP contribution in [0.5, 0.6) is 0 Å². The third kappa shape index (κ3) is 3.67. The van der Waals surface area contributed by atoms with Crippen molar-refractivity contribution in [3.05, 3.63) is 71.8 Å². The van der Waals surface area contributed by atoms with E-state index in [1.165, 1.54) is 0 Å². The molecule has 0 amide bonds. The zero-order chi connectivity index (χ0) is 15.3. The van der Waals surface area contributed by atoms with Crippen molar-refractivity contribution in [1.29, 1.82) is 0 Å². The molecule has 0 atom stereocenters. The molecule has 2 aromatic carbocycles. The minimum absolute atomic E-state index is 0.167. The molecular formula is C17H16O3S. The molecule has 0 saturated carbocycles. The van der Waals surface area contributed by atoms with Crippen LogP contribution in [0.15, 0.2) is 71.1 Å². The Morgan fingerprint density at radius 1 is 0.952 bits per heavy atom. The Morgan fingerprint density at radius 3 is 2.00 bits per heavy atom. The van der Waals surface area contributed by atoms with Crippen LogP contribution in [-0.4, -0.2) is 20.5 Å². The molecule has 2 aromatic rings. The number of aldehydes is 1. The first-order valence-electron chi connectivity index (χ1n) is 6.53. The molecule has 3 nitrogen and oxygen atoms in total. The molecule has 0 radical (unpaired) electrons. The molecule has 0 N–H and O–H groups in total. The Morgan fingerprint density at radius 2 is 1.48 bits per heavy atom. The second kappa shape index (κ2) is 6.50. The molecule has 0 spiro atoms. The summed E-state index contributed by atoms with van der Waals surface area (Å²) in [5.41, 5.74) is 1.70. The number of sulfone groups is 1.